The summed E-state index contributed by atoms with van der Waals surface area (Å²) in [6.45, 7) is 4.22. The van der Waals surface area contributed by atoms with Crippen LogP contribution in [0.4, 0.5) is 0 Å². The molecule has 1 aromatic carbocycles. The largest absolute Gasteiger partial charge is 0.396 e. The van der Waals surface area contributed by atoms with E-state index in [-0.39, 0.29) is 0 Å². The van der Waals surface area contributed by atoms with Crippen LogP contribution in [0.15, 0.2) is 30.3 Å². The molecule has 1 unspecified atom stereocenters. The van der Waals surface area contributed by atoms with E-state index in [1.807, 2.05) is 0 Å². The lowest BCUT2D eigenvalue weighted by molar-refractivity contribution is 0.140. The zero-order chi connectivity index (χ0) is 13.3. The first-order valence-corrected chi connectivity index (χ1v) is 7.36. The van der Waals surface area contributed by atoms with Crippen molar-refractivity contribution in [1.29, 1.82) is 0 Å². The second-order valence-electron chi connectivity index (χ2n) is 5.22. The van der Waals surface area contributed by atoms with Gasteiger partial charge < -0.3 is 9.84 Å². The summed E-state index contributed by atoms with van der Waals surface area (Å²) in [6, 6.07) is 11.2. The maximum Gasteiger partial charge on any atom is 0.0622 e. The molecule has 0 aromatic heterocycles. The van der Waals surface area contributed by atoms with Gasteiger partial charge in [0.15, 0.2) is 0 Å². The number of benzene rings is 1. The third kappa shape index (κ3) is 4.94. The van der Waals surface area contributed by atoms with Crippen molar-refractivity contribution in [3.05, 3.63) is 35.9 Å². The van der Waals surface area contributed by atoms with Gasteiger partial charge in [0, 0.05) is 25.8 Å². The Morgan fingerprint density at radius 2 is 2.00 bits per heavy atom. The van der Waals surface area contributed by atoms with Gasteiger partial charge in [-0.2, -0.15) is 0 Å². The Bertz CT molecular complexity index is 336. The first-order valence-electron chi connectivity index (χ1n) is 7.36. The molecule has 1 saturated heterocycles. The van der Waals surface area contributed by atoms with Crippen molar-refractivity contribution in [3.8, 4) is 0 Å². The third-order valence-electron chi connectivity index (χ3n) is 3.81. The van der Waals surface area contributed by atoms with Gasteiger partial charge in [0.25, 0.3) is 0 Å². The predicted molar refractivity (Wildman–Crippen MR) is 77.3 cm³/mol. The quantitative estimate of drug-likeness (QED) is 0.729. The third-order valence-corrected chi connectivity index (χ3v) is 3.81. The number of unbranched alkanes of at least 4 members (excludes halogenated alkanes) is 1. The molecule has 1 aliphatic rings. The molecule has 3 heteroatoms. The molecule has 0 amide bonds. The van der Waals surface area contributed by atoms with Gasteiger partial charge in [0.1, 0.15) is 0 Å². The van der Waals surface area contributed by atoms with Crippen LogP contribution in [0.2, 0.25) is 0 Å². The fraction of sp³-hybridized carbons (Fsp3) is 0.625. The SMILES string of the molecule is OCCCCN(CCc1ccccc1)C1CCOC1. The van der Waals surface area contributed by atoms with Gasteiger partial charge in [-0.25, -0.2) is 0 Å². The Kier molecular flexibility index (Phi) is 6.34. The Balaban J connectivity index is 1.82. The second-order valence-corrected chi connectivity index (χ2v) is 5.22. The van der Waals surface area contributed by atoms with Crippen LogP contribution in [0.25, 0.3) is 0 Å². The van der Waals surface area contributed by atoms with E-state index in [1.165, 1.54) is 5.56 Å². The van der Waals surface area contributed by atoms with Crippen molar-refractivity contribution in [2.45, 2.75) is 31.7 Å². The lowest BCUT2D eigenvalue weighted by atomic mass is 10.1. The minimum atomic E-state index is 0.299. The maximum atomic E-state index is 8.91. The predicted octanol–water partition coefficient (Wildman–Crippen LogP) is 2.09. The molecule has 1 N–H and O–H groups in total. The fourth-order valence-corrected chi connectivity index (χ4v) is 2.63. The summed E-state index contributed by atoms with van der Waals surface area (Å²) in [7, 11) is 0. The Hall–Kier alpha value is -0.900. The van der Waals surface area contributed by atoms with E-state index in [4.69, 9.17) is 9.84 Å². The molecule has 1 aliphatic heterocycles. The minimum Gasteiger partial charge on any atom is -0.396 e. The highest BCUT2D eigenvalue weighted by molar-refractivity contribution is 5.14. The summed E-state index contributed by atoms with van der Waals surface area (Å²) in [4.78, 5) is 2.54. The maximum absolute atomic E-state index is 8.91. The van der Waals surface area contributed by atoms with Gasteiger partial charge in [-0.15, -0.1) is 0 Å². The van der Waals surface area contributed by atoms with E-state index in [0.717, 1.165) is 52.0 Å². The van der Waals surface area contributed by atoms with Gasteiger partial charge in [0.2, 0.25) is 0 Å². The molecule has 19 heavy (non-hydrogen) atoms. The summed E-state index contributed by atoms with van der Waals surface area (Å²) in [5.74, 6) is 0. The Labute approximate surface area is 116 Å². The van der Waals surface area contributed by atoms with Gasteiger partial charge in [-0.05, 0) is 37.8 Å². The Morgan fingerprint density at radius 3 is 2.68 bits per heavy atom. The van der Waals surface area contributed by atoms with Crippen molar-refractivity contribution in [1.82, 2.24) is 4.90 Å². The van der Waals surface area contributed by atoms with E-state index in [2.05, 4.69) is 35.2 Å². The molecular weight excluding hydrogens is 238 g/mol. The first-order chi connectivity index (χ1) is 9.40. The van der Waals surface area contributed by atoms with Crippen molar-refractivity contribution in [3.63, 3.8) is 0 Å². The molecule has 0 radical (unpaired) electrons. The van der Waals surface area contributed by atoms with Gasteiger partial charge >= 0.3 is 0 Å². The molecular formula is C16H25NO2. The van der Waals surface area contributed by atoms with Crippen LogP contribution in [0.5, 0.6) is 0 Å². The van der Waals surface area contributed by atoms with Crippen LogP contribution >= 0.6 is 0 Å². The van der Waals surface area contributed by atoms with Crippen LogP contribution in [0, 0.1) is 0 Å². The van der Waals surface area contributed by atoms with Crippen molar-refractivity contribution < 1.29 is 9.84 Å². The average Bonchev–Trinajstić information content (AvgIpc) is 2.98. The summed E-state index contributed by atoms with van der Waals surface area (Å²) in [5.41, 5.74) is 1.40. The molecule has 0 spiro atoms. The number of ether oxygens (including phenoxy) is 1. The van der Waals surface area contributed by atoms with Gasteiger partial charge in [-0.3, -0.25) is 4.90 Å². The number of nitrogens with zero attached hydrogens (tertiary/aromatic N) is 1. The van der Waals surface area contributed by atoms with Crippen molar-refractivity contribution >= 4 is 0 Å². The molecule has 1 fully saturated rings. The number of rotatable bonds is 8. The van der Waals surface area contributed by atoms with E-state index in [9.17, 15) is 0 Å². The molecule has 1 aromatic rings. The zero-order valence-electron chi connectivity index (χ0n) is 11.6. The number of hydrogen-bond acceptors (Lipinski definition) is 3. The molecule has 1 heterocycles. The fourth-order valence-electron chi connectivity index (χ4n) is 2.63. The van der Waals surface area contributed by atoms with E-state index in [0.29, 0.717) is 12.6 Å². The summed E-state index contributed by atoms with van der Waals surface area (Å²) >= 11 is 0. The molecule has 0 saturated carbocycles. The molecule has 0 aliphatic carbocycles. The second kappa shape index (κ2) is 8.31. The number of aliphatic hydroxyl groups excluding tert-OH is 1. The van der Waals surface area contributed by atoms with Crippen LogP contribution in [-0.4, -0.2) is 49.0 Å². The number of hydrogen-bond donors (Lipinski definition) is 1. The van der Waals surface area contributed by atoms with Crippen LogP contribution < -0.4 is 0 Å². The van der Waals surface area contributed by atoms with E-state index < -0.39 is 0 Å². The van der Waals surface area contributed by atoms with Crippen LogP contribution in [0.3, 0.4) is 0 Å². The molecule has 1 atom stereocenters. The Morgan fingerprint density at radius 1 is 1.16 bits per heavy atom. The summed E-state index contributed by atoms with van der Waals surface area (Å²) < 4.78 is 5.51. The van der Waals surface area contributed by atoms with Gasteiger partial charge in [0.05, 0.1) is 6.61 Å². The van der Waals surface area contributed by atoms with Crippen LogP contribution in [-0.2, 0) is 11.2 Å². The van der Waals surface area contributed by atoms with Crippen molar-refractivity contribution in [2.75, 3.05) is 32.9 Å². The molecule has 0 bridgehead atoms. The minimum absolute atomic E-state index is 0.299. The van der Waals surface area contributed by atoms with E-state index >= 15 is 0 Å². The smallest absolute Gasteiger partial charge is 0.0622 e. The van der Waals surface area contributed by atoms with Crippen LogP contribution in [0.1, 0.15) is 24.8 Å². The zero-order valence-corrected chi connectivity index (χ0v) is 11.6. The highest BCUT2D eigenvalue weighted by Gasteiger charge is 2.22. The molecule has 3 nitrogen and oxygen atoms in total. The number of aliphatic hydroxyl groups is 1. The highest BCUT2D eigenvalue weighted by atomic mass is 16.5. The molecule has 106 valence electrons. The topological polar surface area (TPSA) is 32.7 Å². The standard InChI is InChI=1S/C16H25NO2/c18-12-5-4-10-17(16-9-13-19-14-16)11-8-15-6-2-1-3-7-15/h1-3,6-7,16,18H,4-5,8-14H2. The lowest BCUT2D eigenvalue weighted by Gasteiger charge is -2.27. The van der Waals surface area contributed by atoms with Gasteiger partial charge in [-0.1, -0.05) is 30.3 Å². The lowest BCUT2D eigenvalue weighted by Crippen LogP contribution is -2.38. The molecule has 2 rings (SSSR count). The highest BCUT2D eigenvalue weighted by Crippen LogP contribution is 2.14. The normalized spacial score (nSPS) is 19.2. The first kappa shape index (κ1) is 14.5. The van der Waals surface area contributed by atoms with Crippen molar-refractivity contribution in [2.24, 2.45) is 0 Å². The average molecular weight is 263 g/mol. The summed E-state index contributed by atoms with van der Waals surface area (Å²) in [6.07, 6.45) is 4.21. The summed E-state index contributed by atoms with van der Waals surface area (Å²) in [5, 5.41) is 8.91. The monoisotopic (exact) mass is 263 g/mol. The van der Waals surface area contributed by atoms with E-state index in [1.54, 1.807) is 0 Å².